The maximum Gasteiger partial charge on any atom is 0.215 e. The molecule has 0 aromatic carbocycles. The molecule has 0 aliphatic carbocycles. The van der Waals surface area contributed by atoms with Crippen molar-refractivity contribution in [2.45, 2.75) is 13.2 Å². The molecule has 0 saturated heterocycles. The van der Waals surface area contributed by atoms with Crippen LogP contribution in [0.5, 0.6) is 0 Å². The SMILES string of the molecule is COC(C)OC.N#CN=C=S. The quantitative estimate of drug-likeness (QED) is 0.273. The Morgan fingerprint density at radius 2 is 1.91 bits per heavy atom. The molecule has 0 fully saturated rings. The predicted octanol–water partition coefficient (Wildman–Crippen LogP) is 1.20. The summed E-state index contributed by atoms with van der Waals surface area (Å²) in [4.78, 5) is 2.84. The Bertz CT molecular complexity index is 156. The second-order valence-corrected chi connectivity index (χ2v) is 1.52. The van der Waals surface area contributed by atoms with Crippen molar-refractivity contribution in [1.29, 1.82) is 5.26 Å². The van der Waals surface area contributed by atoms with E-state index in [1.165, 1.54) is 6.19 Å². The summed E-state index contributed by atoms with van der Waals surface area (Å²) in [5, 5.41) is 9.38. The second kappa shape index (κ2) is 11.9. The standard InChI is InChI=1S/C4H10O2.C2N2S/c1-4(5-2)6-3;3-1-4-2-5/h4H,1-3H3;. The zero-order valence-electron chi connectivity index (χ0n) is 6.70. The Labute approximate surface area is 71.4 Å². The van der Waals surface area contributed by atoms with E-state index >= 15 is 0 Å². The van der Waals surface area contributed by atoms with Crippen LogP contribution in [0.25, 0.3) is 0 Å². The number of hydrogen-bond acceptors (Lipinski definition) is 5. The summed E-state index contributed by atoms with van der Waals surface area (Å²) >= 11 is 4.01. The minimum atomic E-state index is -0.0648. The monoisotopic (exact) mass is 174 g/mol. The molecule has 4 nitrogen and oxygen atoms in total. The Balaban J connectivity index is 0. The molecule has 0 atom stereocenters. The molecule has 5 heteroatoms. The summed E-state index contributed by atoms with van der Waals surface area (Å²) in [5.41, 5.74) is 0. The first kappa shape index (κ1) is 12.8. The summed E-state index contributed by atoms with van der Waals surface area (Å²) in [6.07, 6.45) is 1.36. The smallest absolute Gasteiger partial charge is 0.215 e. The highest BCUT2D eigenvalue weighted by Gasteiger charge is 1.87. The van der Waals surface area contributed by atoms with E-state index < -0.39 is 0 Å². The Kier molecular flexibility index (Phi) is 13.9. The van der Waals surface area contributed by atoms with Gasteiger partial charge in [0, 0.05) is 14.2 Å². The zero-order chi connectivity index (χ0) is 9.11. The van der Waals surface area contributed by atoms with Crippen molar-refractivity contribution in [3.05, 3.63) is 0 Å². The van der Waals surface area contributed by atoms with E-state index in [1.807, 2.05) is 12.1 Å². The third-order valence-corrected chi connectivity index (χ3v) is 0.851. The average Bonchev–Trinajstić information content (AvgIpc) is 2.06. The number of hydrogen-bond donors (Lipinski definition) is 0. The first-order valence-corrected chi connectivity index (χ1v) is 3.15. The number of nitrogens with zero attached hydrogens (tertiary/aromatic N) is 2. The molecule has 0 N–H and O–H groups in total. The molecule has 0 amide bonds. The molecule has 11 heavy (non-hydrogen) atoms. The Hall–Kier alpha value is -0.790. The summed E-state index contributed by atoms with van der Waals surface area (Å²) in [5.74, 6) is 0. The molecule has 0 heterocycles. The van der Waals surface area contributed by atoms with Gasteiger partial charge in [-0.1, -0.05) is 0 Å². The lowest BCUT2D eigenvalue weighted by atomic mass is 10.8. The van der Waals surface area contributed by atoms with Crippen molar-refractivity contribution < 1.29 is 9.47 Å². The fourth-order valence-electron chi connectivity index (χ4n) is 0.117. The van der Waals surface area contributed by atoms with Crippen LogP contribution < -0.4 is 0 Å². The third kappa shape index (κ3) is 17.6. The van der Waals surface area contributed by atoms with Crippen LogP contribution in [0.15, 0.2) is 4.99 Å². The van der Waals surface area contributed by atoms with Gasteiger partial charge in [-0.2, -0.15) is 5.26 Å². The number of ether oxygens (including phenoxy) is 2. The van der Waals surface area contributed by atoms with Gasteiger partial charge in [0.2, 0.25) is 6.19 Å². The van der Waals surface area contributed by atoms with Gasteiger partial charge in [-0.15, -0.1) is 4.99 Å². The lowest BCUT2D eigenvalue weighted by molar-refractivity contribution is -0.0877. The number of rotatable bonds is 2. The first-order chi connectivity index (χ1) is 5.22. The van der Waals surface area contributed by atoms with Crippen molar-refractivity contribution >= 4 is 17.4 Å². The molecule has 0 saturated carbocycles. The average molecular weight is 174 g/mol. The topological polar surface area (TPSA) is 54.6 Å². The third-order valence-electron chi connectivity index (χ3n) is 0.759. The first-order valence-electron chi connectivity index (χ1n) is 2.74. The molecule has 0 rings (SSSR count). The molecule has 62 valence electrons. The molecule has 0 bridgehead atoms. The van der Waals surface area contributed by atoms with Crippen molar-refractivity contribution in [2.24, 2.45) is 4.99 Å². The van der Waals surface area contributed by atoms with Gasteiger partial charge in [0.1, 0.15) is 0 Å². The van der Waals surface area contributed by atoms with E-state index in [2.05, 4.69) is 26.7 Å². The highest BCUT2D eigenvalue weighted by atomic mass is 32.1. The molecule has 0 aliphatic heterocycles. The van der Waals surface area contributed by atoms with Gasteiger partial charge in [-0.3, -0.25) is 0 Å². The normalized spacial score (nSPS) is 7.18. The van der Waals surface area contributed by atoms with Crippen LogP contribution in [0, 0.1) is 11.5 Å². The summed E-state index contributed by atoms with van der Waals surface area (Å²) < 4.78 is 9.35. The predicted molar refractivity (Wildman–Crippen MR) is 44.1 cm³/mol. The highest BCUT2D eigenvalue weighted by molar-refractivity contribution is 7.78. The zero-order valence-corrected chi connectivity index (χ0v) is 7.51. The van der Waals surface area contributed by atoms with Gasteiger partial charge in [0.05, 0.1) is 5.16 Å². The van der Waals surface area contributed by atoms with Crippen LogP contribution >= 0.6 is 12.2 Å². The van der Waals surface area contributed by atoms with E-state index in [1.54, 1.807) is 14.2 Å². The van der Waals surface area contributed by atoms with Crippen LogP contribution in [-0.4, -0.2) is 25.7 Å². The van der Waals surface area contributed by atoms with Gasteiger partial charge < -0.3 is 9.47 Å². The van der Waals surface area contributed by atoms with Gasteiger partial charge >= 0.3 is 0 Å². The van der Waals surface area contributed by atoms with E-state index in [4.69, 9.17) is 5.26 Å². The molecule has 0 aliphatic rings. The van der Waals surface area contributed by atoms with Crippen molar-refractivity contribution in [3.8, 4) is 6.19 Å². The Morgan fingerprint density at radius 3 is 1.91 bits per heavy atom. The summed E-state index contributed by atoms with van der Waals surface area (Å²) in [6, 6.07) is 0. The Morgan fingerprint density at radius 1 is 1.45 bits per heavy atom. The van der Waals surface area contributed by atoms with Crippen molar-refractivity contribution in [2.75, 3.05) is 14.2 Å². The largest absolute Gasteiger partial charge is 0.356 e. The van der Waals surface area contributed by atoms with Crippen LogP contribution in [0.2, 0.25) is 0 Å². The molecule has 0 aromatic rings. The fraction of sp³-hybridized carbons (Fsp3) is 0.667. The van der Waals surface area contributed by atoms with E-state index in [0.29, 0.717) is 0 Å². The van der Waals surface area contributed by atoms with Gasteiger partial charge in [0.25, 0.3) is 0 Å². The summed E-state index contributed by atoms with van der Waals surface area (Å²) in [6.45, 7) is 1.83. The molecular formula is C6H10N2O2S. The van der Waals surface area contributed by atoms with Crippen LogP contribution in [0.1, 0.15) is 6.92 Å². The number of isothiocyanates is 1. The lowest BCUT2D eigenvalue weighted by Gasteiger charge is -2.03. The minimum Gasteiger partial charge on any atom is -0.356 e. The van der Waals surface area contributed by atoms with E-state index in [-0.39, 0.29) is 6.29 Å². The maximum atomic E-state index is 7.52. The second-order valence-electron chi connectivity index (χ2n) is 1.34. The van der Waals surface area contributed by atoms with Crippen LogP contribution in [-0.2, 0) is 9.47 Å². The van der Waals surface area contributed by atoms with Crippen LogP contribution in [0.3, 0.4) is 0 Å². The maximum absolute atomic E-state index is 7.52. The fourth-order valence-corrected chi connectivity index (χ4v) is 0.157. The van der Waals surface area contributed by atoms with Gasteiger partial charge in [-0.05, 0) is 19.1 Å². The van der Waals surface area contributed by atoms with Crippen LogP contribution in [0.4, 0.5) is 0 Å². The number of thiocarbonyl (C=S) groups is 1. The van der Waals surface area contributed by atoms with E-state index in [0.717, 1.165) is 0 Å². The lowest BCUT2D eigenvalue weighted by Crippen LogP contribution is -2.05. The van der Waals surface area contributed by atoms with E-state index in [9.17, 15) is 0 Å². The molecule has 0 spiro atoms. The van der Waals surface area contributed by atoms with Crippen molar-refractivity contribution in [1.82, 2.24) is 0 Å². The molecule has 0 unspecified atom stereocenters. The molecule has 0 aromatic heterocycles. The number of aliphatic imine (C=N–C) groups is 1. The number of nitriles is 1. The van der Waals surface area contributed by atoms with Crippen molar-refractivity contribution in [3.63, 3.8) is 0 Å². The molecular weight excluding hydrogens is 164 g/mol. The number of methoxy groups -OCH3 is 2. The summed E-state index contributed by atoms with van der Waals surface area (Å²) in [7, 11) is 3.21. The highest BCUT2D eigenvalue weighted by Crippen LogP contribution is 1.82. The van der Waals surface area contributed by atoms with Gasteiger partial charge in [0.15, 0.2) is 6.29 Å². The molecule has 0 radical (unpaired) electrons. The van der Waals surface area contributed by atoms with Gasteiger partial charge in [-0.25, -0.2) is 0 Å². The minimum absolute atomic E-state index is 0.0648.